The van der Waals surface area contributed by atoms with E-state index in [1.807, 2.05) is 0 Å². The summed E-state index contributed by atoms with van der Waals surface area (Å²) in [5.41, 5.74) is 0.737. The predicted octanol–water partition coefficient (Wildman–Crippen LogP) is 1.93. The van der Waals surface area contributed by atoms with Crippen molar-refractivity contribution in [3.8, 4) is 0 Å². The number of hydrogen-bond acceptors (Lipinski definition) is 3. The second kappa shape index (κ2) is 4.31. The molecule has 92 valence electrons. The Kier molecular flexibility index (Phi) is 3.00. The normalized spacial score (nSPS) is 22.5. The van der Waals surface area contributed by atoms with Crippen molar-refractivity contribution in [1.82, 2.24) is 4.90 Å². The molecule has 1 heterocycles. The first kappa shape index (κ1) is 11.8. The molecule has 0 saturated heterocycles. The molecule has 0 radical (unpaired) electrons. The van der Waals surface area contributed by atoms with Gasteiger partial charge in [0.15, 0.2) is 0 Å². The van der Waals surface area contributed by atoms with Crippen molar-refractivity contribution in [3.63, 3.8) is 0 Å². The van der Waals surface area contributed by atoms with Crippen molar-refractivity contribution in [2.45, 2.75) is 39.0 Å². The summed E-state index contributed by atoms with van der Waals surface area (Å²) >= 11 is 0. The SMILES string of the molecule is CC1=C(C2CCCCC2)C(=O)N(C(=O)O)C1=O. The van der Waals surface area contributed by atoms with Crippen molar-refractivity contribution in [2.24, 2.45) is 5.92 Å². The summed E-state index contributed by atoms with van der Waals surface area (Å²) in [6, 6.07) is 0. The summed E-state index contributed by atoms with van der Waals surface area (Å²) in [5, 5.41) is 8.85. The van der Waals surface area contributed by atoms with E-state index in [1.165, 1.54) is 0 Å². The van der Waals surface area contributed by atoms with E-state index in [1.54, 1.807) is 6.92 Å². The maximum absolute atomic E-state index is 11.9. The number of carbonyl (C=O) groups is 3. The summed E-state index contributed by atoms with van der Waals surface area (Å²) in [6.45, 7) is 1.55. The van der Waals surface area contributed by atoms with Gasteiger partial charge in [-0.05, 0) is 25.7 Å². The van der Waals surface area contributed by atoms with Gasteiger partial charge in [-0.25, -0.2) is 4.79 Å². The fourth-order valence-electron chi connectivity index (χ4n) is 2.70. The minimum absolute atomic E-state index is 0.0598. The summed E-state index contributed by atoms with van der Waals surface area (Å²) in [6.07, 6.45) is 3.49. The predicted molar refractivity (Wildman–Crippen MR) is 59.2 cm³/mol. The Bertz CT molecular complexity index is 418. The fourth-order valence-corrected chi connectivity index (χ4v) is 2.70. The third-order valence-electron chi connectivity index (χ3n) is 3.57. The Balaban J connectivity index is 2.30. The molecule has 0 aromatic carbocycles. The van der Waals surface area contributed by atoms with Crippen LogP contribution in [0.5, 0.6) is 0 Å². The van der Waals surface area contributed by atoms with Gasteiger partial charge in [0.1, 0.15) is 0 Å². The van der Waals surface area contributed by atoms with Gasteiger partial charge in [-0.2, -0.15) is 4.90 Å². The standard InChI is InChI=1S/C12H15NO4/c1-7-9(8-5-3-2-4-6-8)11(15)13(10(7)14)12(16)17/h8H,2-6H2,1H3,(H,16,17). The topological polar surface area (TPSA) is 74.7 Å². The molecule has 0 bridgehead atoms. The number of hydrogen-bond donors (Lipinski definition) is 1. The molecule has 1 N–H and O–H groups in total. The maximum atomic E-state index is 11.9. The molecule has 2 rings (SSSR count). The Labute approximate surface area is 99.1 Å². The van der Waals surface area contributed by atoms with Crippen molar-refractivity contribution in [2.75, 3.05) is 0 Å². The molecule has 0 atom stereocenters. The highest BCUT2D eigenvalue weighted by molar-refractivity contribution is 6.26. The first-order chi connectivity index (χ1) is 8.04. The van der Waals surface area contributed by atoms with Crippen molar-refractivity contribution in [1.29, 1.82) is 0 Å². The largest absolute Gasteiger partial charge is 0.464 e. The van der Waals surface area contributed by atoms with Crippen LogP contribution >= 0.6 is 0 Å². The van der Waals surface area contributed by atoms with Crippen LogP contribution in [0.2, 0.25) is 0 Å². The third kappa shape index (κ3) is 1.85. The van der Waals surface area contributed by atoms with Gasteiger partial charge in [-0.15, -0.1) is 0 Å². The van der Waals surface area contributed by atoms with Crippen molar-refractivity contribution >= 4 is 17.9 Å². The molecule has 2 aliphatic rings. The molecule has 5 heteroatoms. The minimum atomic E-state index is -1.48. The van der Waals surface area contributed by atoms with E-state index in [0.29, 0.717) is 16.0 Å². The minimum Gasteiger partial charge on any atom is -0.464 e. The van der Waals surface area contributed by atoms with E-state index < -0.39 is 17.9 Å². The molecule has 1 aliphatic carbocycles. The Morgan fingerprint density at radius 2 is 1.76 bits per heavy atom. The molecule has 0 spiro atoms. The molecular weight excluding hydrogens is 222 g/mol. The first-order valence-electron chi connectivity index (χ1n) is 5.86. The lowest BCUT2D eigenvalue weighted by molar-refractivity contribution is -0.135. The number of rotatable bonds is 1. The summed E-state index contributed by atoms with van der Waals surface area (Å²) < 4.78 is 0. The number of amides is 3. The molecule has 17 heavy (non-hydrogen) atoms. The summed E-state index contributed by atoms with van der Waals surface area (Å²) in [5.74, 6) is -1.25. The maximum Gasteiger partial charge on any atom is 0.421 e. The van der Waals surface area contributed by atoms with Gasteiger partial charge in [-0.3, -0.25) is 9.59 Å². The van der Waals surface area contributed by atoms with E-state index in [9.17, 15) is 14.4 Å². The smallest absolute Gasteiger partial charge is 0.421 e. The van der Waals surface area contributed by atoms with Crippen LogP contribution in [0.3, 0.4) is 0 Å². The van der Waals surface area contributed by atoms with E-state index >= 15 is 0 Å². The fraction of sp³-hybridized carbons (Fsp3) is 0.583. The number of imide groups is 3. The Hall–Kier alpha value is -1.65. The van der Waals surface area contributed by atoms with Crippen molar-refractivity contribution < 1.29 is 19.5 Å². The van der Waals surface area contributed by atoms with Crippen LogP contribution in [-0.4, -0.2) is 27.9 Å². The van der Waals surface area contributed by atoms with E-state index in [-0.39, 0.29) is 5.92 Å². The van der Waals surface area contributed by atoms with Gasteiger partial charge < -0.3 is 5.11 Å². The highest BCUT2D eigenvalue weighted by atomic mass is 16.4. The summed E-state index contributed by atoms with van der Waals surface area (Å²) in [7, 11) is 0. The molecule has 5 nitrogen and oxygen atoms in total. The third-order valence-corrected chi connectivity index (χ3v) is 3.57. The zero-order valence-electron chi connectivity index (χ0n) is 9.73. The lowest BCUT2D eigenvalue weighted by Gasteiger charge is -2.22. The highest BCUT2D eigenvalue weighted by Gasteiger charge is 2.43. The van der Waals surface area contributed by atoms with Crippen molar-refractivity contribution in [3.05, 3.63) is 11.1 Å². The number of carbonyl (C=O) groups excluding carboxylic acids is 2. The molecule has 0 aromatic rings. The zero-order valence-corrected chi connectivity index (χ0v) is 9.73. The molecule has 1 saturated carbocycles. The molecular formula is C12H15NO4. The van der Waals surface area contributed by atoms with E-state index in [0.717, 1.165) is 32.1 Å². The second-order valence-electron chi connectivity index (χ2n) is 4.60. The van der Waals surface area contributed by atoms with Gasteiger partial charge in [0, 0.05) is 11.1 Å². The molecule has 3 amide bonds. The lowest BCUT2D eigenvalue weighted by atomic mass is 9.82. The van der Waals surface area contributed by atoms with Crippen LogP contribution in [0.1, 0.15) is 39.0 Å². The van der Waals surface area contributed by atoms with Crippen LogP contribution in [0.15, 0.2) is 11.1 Å². The highest BCUT2D eigenvalue weighted by Crippen LogP contribution is 2.35. The Morgan fingerprint density at radius 1 is 1.18 bits per heavy atom. The second-order valence-corrected chi connectivity index (χ2v) is 4.60. The van der Waals surface area contributed by atoms with Gasteiger partial charge in [-0.1, -0.05) is 19.3 Å². The molecule has 1 fully saturated rings. The van der Waals surface area contributed by atoms with Gasteiger partial charge in [0.2, 0.25) is 0 Å². The quantitative estimate of drug-likeness (QED) is 0.707. The van der Waals surface area contributed by atoms with E-state index in [4.69, 9.17) is 5.11 Å². The Morgan fingerprint density at radius 3 is 2.24 bits per heavy atom. The number of carboxylic acid groups (broad SMARTS) is 1. The monoisotopic (exact) mass is 237 g/mol. The zero-order chi connectivity index (χ0) is 12.6. The van der Waals surface area contributed by atoms with Gasteiger partial charge >= 0.3 is 6.09 Å². The average Bonchev–Trinajstić information content (AvgIpc) is 2.51. The van der Waals surface area contributed by atoms with Crippen LogP contribution < -0.4 is 0 Å². The van der Waals surface area contributed by atoms with Crippen LogP contribution in [0, 0.1) is 5.92 Å². The van der Waals surface area contributed by atoms with Crippen LogP contribution in [0.4, 0.5) is 4.79 Å². The van der Waals surface area contributed by atoms with E-state index in [2.05, 4.69) is 0 Å². The average molecular weight is 237 g/mol. The number of nitrogens with zero attached hydrogens (tertiary/aromatic N) is 1. The molecule has 0 unspecified atom stereocenters. The van der Waals surface area contributed by atoms with Gasteiger partial charge in [0.25, 0.3) is 11.8 Å². The summed E-state index contributed by atoms with van der Waals surface area (Å²) in [4.78, 5) is 34.8. The first-order valence-corrected chi connectivity index (χ1v) is 5.86. The lowest BCUT2D eigenvalue weighted by Crippen LogP contribution is -2.37. The van der Waals surface area contributed by atoms with Crippen LogP contribution in [0.25, 0.3) is 0 Å². The molecule has 0 aromatic heterocycles. The molecule has 1 aliphatic heterocycles. The van der Waals surface area contributed by atoms with Gasteiger partial charge in [0.05, 0.1) is 0 Å². The van der Waals surface area contributed by atoms with Crippen LogP contribution in [-0.2, 0) is 9.59 Å².